The second-order valence-electron chi connectivity index (χ2n) is 5.95. The molecule has 2 atom stereocenters. The van der Waals surface area contributed by atoms with E-state index in [-0.39, 0.29) is 5.54 Å². The lowest BCUT2D eigenvalue weighted by Crippen LogP contribution is -2.53. The Kier molecular flexibility index (Phi) is 4.42. The fourth-order valence-corrected chi connectivity index (χ4v) is 2.66. The monoisotopic (exact) mass is 241 g/mol. The van der Waals surface area contributed by atoms with E-state index < -0.39 is 0 Å². The van der Waals surface area contributed by atoms with E-state index in [1.54, 1.807) is 0 Å². The molecule has 0 saturated carbocycles. The summed E-state index contributed by atoms with van der Waals surface area (Å²) in [6.45, 7) is 13.0. The molecular weight excluding hydrogens is 214 g/mol. The van der Waals surface area contributed by atoms with Gasteiger partial charge in [0.15, 0.2) is 0 Å². The number of rotatable bonds is 4. The van der Waals surface area contributed by atoms with Crippen molar-refractivity contribution in [2.45, 2.75) is 44.9 Å². The van der Waals surface area contributed by atoms with Crippen molar-refractivity contribution in [1.29, 1.82) is 0 Å². The average molecular weight is 241 g/mol. The first-order chi connectivity index (χ1) is 8.09. The van der Waals surface area contributed by atoms with E-state index in [1.165, 1.54) is 6.42 Å². The van der Waals surface area contributed by atoms with Crippen molar-refractivity contribution >= 4 is 0 Å². The average Bonchev–Trinajstić information content (AvgIpc) is 2.75. The minimum absolute atomic E-state index is 0.267. The summed E-state index contributed by atoms with van der Waals surface area (Å²) in [5.74, 6) is 0. The highest BCUT2D eigenvalue weighted by molar-refractivity contribution is 4.92. The van der Waals surface area contributed by atoms with Crippen LogP contribution in [0.15, 0.2) is 0 Å². The molecule has 2 heterocycles. The molecule has 0 aromatic carbocycles. The quantitative estimate of drug-likeness (QED) is 0.749. The largest absolute Gasteiger partial charge is 0.374 e. The van der Waals surface area contributed by atoms with Crippen LogP contribution in [-0.2, 0) is 4.74 Å². The van der Waals surface area contributed by atoms with E-state index in [4.69, 9.17) is 4.74 Å². The predicted octanol–water partition coefficient (Wildman–Crippen LogP) is 0.437. The van der Waals surface area contributed by atoms with Gasteiger partial charge in [0.1, 0.15) is 0 Å². The summed E-state index contributed by atoms with van der Waals surface area (Å²) in [5, 5.41) is 7.09. The second kappa shape index (κ2) is 5.65. The van der Waals surface area contributed by atoms with Crippen molar-refractivity contribution in [1.82, 2.24) is 15.5 Å². The molecule has 0 spiro atoms. The van der Waals surface area contributed by atoms with Crippen molar-refractivity contribution in [3.05, 3.63) is 0 Å². The predicted molar refractivity (Wildman–Crippen MR) is 70.3 cm³/mol. The maximum Gasteiger partial charge on any atom is 0.0827 e. The Labute approximate surface area is 105 Å². The maximum absolute atomic E-state index is 5.84. The van der Waals surface area contributed by atoms with Crippen LogP contribution in [0.3, 0.4) is 0 Å². The minimum Gasteiger partial charge on any atom is -0.374 e. The first kappa shape index (κ1) is 13.3. The lowest BCUT2D eigenvalue weighted by Gasteiger charge is -2.37. The van der Waals surface area contributed by atoms with Gasteiger partial charge in [-0.25, -0.2) is 0 Å². The molecule has 2 unspecified atom stereocenters. The molecule has 2 rings (SSSR count). The van der Waals surface area contributed by atoms with Gasteiger partial charge < -0.3 is 15.4 Å². The van der Waals surface area contributed by atoms with E-state index in [9.17, 15) is 0 Å². The van der Waals surface area contributed by atoms with Gasteiger partial charge in [-0.3, -0.25) is 4.90 Å². The lowest BCUT2D eigenvalue weighted by molar-refractivity contribution is -0.0395. The van der Waals surface area contributed by atoms with E-state index in [1.807, 2.05) is 0 Å². The van der Waals surface area contributed by atoms with Crippen LogP contribution >= 0.6 is 0 Å². The maximum atomic E-state index is 5.84. The van der Waals surface area contributed by atoms with Gasteiger partial charge in [-0.1, -0.05) is 0 Å². The molecule has 2 saturated heterocycles. The van der Waals surface area contributed by atoms with Gasteiger partial charge in [0.2, 0.25) is 0 Å². The number of nitrogens with one attached hydrogen (secondary N) is 2. The number of hydrogen-bond acceptors (Lipinski definition) is 4. The van der Waals surface area contributed by atoms with Crippen molar-refractivity contribution in [2.75, 3.05) is 39.3 Å². The van der Waals surface area contributed by atoms with Crippen LogP contribution in [0.5, 0.6) is 0 Å². The minimum atomic E-state index is 0.267. The van der Waals surface area contributed by atoms with Gasteiger partial charge in [-0.15, -0.1) is 0 Å². The van der Waals surface area contributed by atoms with Gasteiger partial charge in [0.25, 0.3) is 0 Å². The number of hydrogen-bond donors (Lipinski definition) is 2. The van der Waals surface area contributed by atoms with Crippen LogP contribution in [0.25, 0.3) is 0 Å². The summed E-state index contributed by atoms with van der Waals surface area (Å²) in [6.07, 6.45) is 1.57. The summed E-state index contributed by atoms with van der Waals surface area (Å²) in [7, 11) is 0. The van der Waals surface area contributed by atoms with Crippen LogP contribution in [0.2, 0.25) is 0 Å². The smallest absolute Gasteiger partial charge is 0.0827 e. The molecular formula is C13H27N3O. The molecule has 2 aliphatic heterocycles. The zero-order valence-corrected chi connectivity index (χ0v) is 11.5. The highest BCUT2D eigenvalue weighted by Gasteiger charge is 2.30. The Morgan fingerprint density at radius 1 is 1.53 bits per heavy atom. The Balaban J connectivity index is 1.75. The molecule has 0 radical (unpaired) electrons. The van der Waals surface area contributed by atoms with Gasteiger partial charge in [-0.2, -0.15) is 0 Å². The molecule has 2 N–H and O–H groups in total. The highest BCUT2D eigenvalue weighted by atomic mass is 16.5. The second-order valence-corrected chi connectivity index (χ2v) is 5.95. The van der Waals surface area contributed by atoms with Gasteiger partial charge in [0.05, 0.1) is 12.7 Å². The molecule has 0 amide bonds. The Morgan fingerprint density at radius 3 is 3.00 bits per heavy atom. The van der Waals surface area contributed by atoms with Gasteiger partial charge >= 0.3 is 0 Å². The lowest BCUT2D eigenvalue weighted by atomic mass is 10.0. The third-order valence-electron chi connectivity index (χ3n) is 4.03. The highest BCUT2D eigenvalue weighted by Crippen LogP contribution is 2.14. The van der Waals surface area contributed by atoms with E-state index >= 15 is 0 Å². The van der Waals surface area contributed by atoms with Crippen LogP contribution in [0.4, 0.5) is 0 Å². The Bertz CT molecular complexity index is 239. The first-order valence-electron chi connectivity index (χ1n) is 6.90. The molecule has 17 heavy (non-hydrogen) atoms. The van der Waals surface area contributed by atoms with Crippen LogP contribution in [0, 0.1) is 0 Å². The van der Waals surface area contributed by atoms with Crippen molar-refractivity contribution < 1.29 is 4.74 Å². The Morgan fingerprint density at radius 2 is 2.35 bits per heavy atom. The SMILES string of the molecule is CC(C)N1CCOC(CNC2(C)CCNC2)C1. The summed E-state index contributed by atoms with van der Waals surface area (Å²) in [4.78, 5) is 2.51. The molecule has 100 valence electrons. The third kappa shape index (κ3) is 3.65. The fourth-order valence-electron chi connectivity index (χ4n) is 2.66. The summed E-state index contributed by atoms with van der Waals surface area (Å²) in [5.41, 5.74) is 0.267. The summed E-state index contributed by atoms with van der Waals surface area (Å²) < 4.78 is 5.84. The first-order valence-corrected chi connectivity index (χ1v) is 6.90. The Hall–Kier alpha value is -0.160. The van der Waals surface area contributed by atoms with E-state index in [0.29, 0.717) is 12.1 Å². The summed E-state index contributed by atoms with van der Waals surface area (Å²) in [6, 6.07) is 0.630. The van der Waals surface area contributed by atoms with E-state index in [0.717, 1.165) is 39.3 Å². The zero-order chi connectivity index (χ0) is 12.3. The van der Waals surface area contributed by atoms with Crippen LogP contribution in [0.1, 0.15) is 27.2 Å². The molecule has 0 aromatic heterocycles. The van der Waals surface area contributed by atoms with Crippen LogP contribution < -0.4 is 10.6 Å². The molecule has 4 nitrogen and oxygen atoms in total. The summed E-state index contributed by atoms with van der Waals surface area (Å²) >= 11 is 0. The van der Waals surface area contributed by atoms with Gasteiger partial charge in [-0.05, 0) is 33.7 Å². The number of ether oxygens (including phenoxy) is 1. The molecule has 0 aliphatic carbocycles. The normalized spacial score (nSPS) is 35.6. The molecule has 2 aliphatic rings. The molecule has 4 heteroatoms. The fraction of sp³-hybridized carbons (Fsp3) is 1.00. The van der Waals surface area contributed by atoms with E-state index in [2.05, 4.69) is 36.3 Å². The standard InChI is InChI=1S/C13H27N3O/c1-11(2)16-6-7-17-12(9-16)8-15-13(3)4-5-14-10-13/h11-12,14-15H,4-10H2,1-3H3. The topological polar surface area (TPSA) is 36.5 Å². The van der Waals surface area contributed by atoms with Crippen molar-refractivity contribution in [3.63, 3.8) is 0 Å². The molecule has 2 fully saturated rings. The molecule has 0 bridgehead atoms. The van der Waals surface area contributed by atoms with Crippen LogP contribution in [-0.4, -0.2) is 61.9 Å². The third-order valence-corrected chi connectivity index (χ3v) is 4.03. The number of morpholine rings is 1. The number of nitrogens with zero attached hydrogens (tertiary/aromatic N) is 1. The van der Waals surface area contributed by atoms with Crippen molar-refractivity contribution in [2.24, 2.45) is 0 Å². The van der Waals surface area contributed by atoms with Crippen molar-refractivity contribution in [3.8, 4) is 0 Å². The van der Waals surface area contributed by atoms with Gasteiger partial charge in [0, 0.05) is 37.8 Å². The molecule has 0 aromatic rings. The zero-order valence-electron chi connectivity index (χ0n) is 11.5.